The van der Waals surface area contributed by atoms with E-state index in [-0.39, 0.29) is 18.0 Å². The molecule has 362 valence electrons. The van der Waals surface area contributed by atoms with Crippen molar-refractivity contribution in [2.45, 2.75) is 264 Å². The quantitative estimate of drug-likeness (QED) is 0.0354. The van der Waals surface area contributed by atoms with Crippen molar-refractivity contribution in [3.05, 3.63) is 0 Å². The molecule has 0 aliphatic rings. The van der Waals surface area contributed by atoms with Crippen LogP contribution in [-0.2, 0) is 23.8 Å². The second kappa shape index (κ2) is 49.2. The standard InChI is InChI=1S/C52H103N3O6/c1-5-7-9-11-13-15-17-19-21-23-25-27-29-31-33-41-50(56)59-47-37-35-39-49(61-52(58)54-44-43-53-45-46-55(3)4)40-36-38-48-60-51(57)42-34-32-30-28-26-24-22-20-18-16-14-12-10-8-6-2/h49,53H,5-48H2,1-4H3,(H,54,58). The average molecular weight is 866 g/mol. The van der Waals surface area contributed by atoms with Crippen LogP contribution in [0.4, 0.5) is 4.79 Å². The lowest BCUT2D eigenvalue weighted by Gasteiger charge is -2.19. The highest BCUT2D eigenvalue weighted by molar-refractivity contribution is 5.69. The lowest BCUT2D eigenvalue weighted by atomic mass is 10.0. The molecule has 0 fully saturated rings. The molecule has 61 heavy (non-hydrogen) atoms. The summed E-state index contributed by atoms with van der Waals surface area (Å²) in [7, 11) is 4.07. The van der Waals surface area contributed by atoms with Crippen LogP contribution in [0, 0.1) is 0 Å². The van der Waals surface area contributed by atoms with Crippen LogP contribution in [0.5, 0.6) is 0 Å². The van der Waals surface area contributed by atoms with E-state index in [1.165, 1.54) is 167 Å². The molecule has 0 radical (unpaired) electrons. The number of hydrogen-bond acceptors (Lipinski definition) is 8. The van der Waals surface area contributed by atoms with Crippen LogP contribution >= 0.6 is 0 Å². The third-order valence-corrected chi connectivity index (χ3v) is 11.9. The minimum Gasteiger partial charge on any atom is -0.466 e. The Hall–Kier alpha value is -1.87. The number of hydrogen-bond donors (Lipinski definition) is 2. The summed E-state index contributed by atoms with van der Waals surface area (Å²) in [4.78, 5) is 39.3. The predicted molar refractivity (Wildman–Crippen MR) is 258 cm³/mol. The molecule has 9 heteroatoms. The highest BCUT2D eigenvalue weighted by Gasteiger charge is 2.15. The summed E-state index contributed by atoms with van der Waals surface area (Å²) in [5, 5.41) is 6.19. The molecule has 0 heterocycles. The van der Waals surface area contributed by atoms with Crippen molar-refractivity contribution in [3.8, 4) is 0 Å². The Morgan fingerprint density at radius 1 is 0.426 bits per heavy atom. The summed E-state index contributed by atoms with van der Waals surface area (Å²) >= 11 is 0. The topological polar surface area (TPSA) is 106 Å². The van der Waals surface area contributed by atoms with Crippen LogP contribution in [0.3, 0.4) is 0 Å². The number of carbonyl (C=O) groups is 3. The van der Waals surface area contributed by atoms with Crippen LogP contribution in [0.15, 0.2) is 0 Å². The van der Waals surface area contributed by atoms with E-state index in [1.807, 2.05) is 14.1 Å². The van der Waals surface area contributed by atoms with Gasteiger partial charge >= 0.3 is 18.0 Å². The molecule has 0 atom stereocenters. The van der Waals surface area contributed by atoms with Crippen LogP contribution < -0.4 is 10.6 Å². The van der Waals surface area contributed by atoms with Crippen LogP contribution in [0.1, 0.15) is 258 Å². The van der Waals surface area contributed by atoms with Gasteiger partial charge < -0.3 is 29.7 Å². The molecule has 0 aromatic heterocycles. The molecule has 0 saturated carbocycles. The van der Waals surface area contributed by atoms with E-state index in [9.17, 15) is 14.4 Å². The summed E-state index contributed by atoms with van der Waals surface area (Å²) in [5.41, 5.74) is 0. The zero-order valence-electron chi connectivity index (χ0n) is 41.1. The second-order valence-corrected chi connectivity index (χ2v) is 18.3. The van der Waals surface area contributed by atoms with E-state index in [4.69, 9.17) is 14.2 Å². The van der Waals surface area contributed by atoms with Crippen molar-refractivity contribution in [1.82, 2.24) is 15.5 Å². The van der Waals surface area contributed by atoms with E-state index < -0.39 is 6.09 Å². The molecule has 0 aliphatic heterocycles. The largest absolute Gasteiger partial charge is 0.466 e. The lowest BCUT2D eigenvalue weighted by Crippen LogP contribution is -2.36. The fourth-order valence-electron chi connectivity index (χ4n) is 7.88. The van der Waals surface area contributed by atoms with Gasteiger partial charge in [-0.25, -0.2) is 4.79 Å². The maximum absolute atomic E-state index is 12.6. The smallest absolute Gasteiger partial charge is 0.407 e. The molecule has 9 nitrogen and oxygen atoms in total. The van der Waals surface area contributed by atoms with Crippen molar-refractivity contribution in [2.24, 2.45) is 0 Å². The number of rotatable bonds is 49. The van der Waals surface area contributed by atoms with Crippen molar-refractivity contribution in [1.29, 1.82) is 0 Å². The lowest BCUT2D eigenvalue weighted by molar-refractivity contribution is -0.144. The van der Waals surface area contributed by atoms with Crippen LogP contribution in [0.25, 0.3) is 0 Å². The Kier molecular flexibility index (Phi) is 47.6. The molecular weight excluding hydrogens is 763 g/mol. The van der Waals surface area contributed by atoms with Gasteiger partial charge in [0.25, 0.3) is 0 Å². The summed E-state index contributed by atoms with van der Waals surface area (Å²) in [6, 6.07) is 0. The van der Waals surface area contributed by atoms with Crippen molar-refractivity contribution >= 4 is 18.0 Å². The Morgan fingerprint density at radius 2 is 0.770 bits per heavy atom. The first-order chi connectivity index (χ1) is 29.9. The third kappa shape index (κ3) is 49.0. The first-order valence-electron chi connectivity index (χ1n) is 26.5. The first kappa shape index (κ1) is 59.1. The number of alkyl carbamates (subject to hydrolysis) is 1. The molecule has 0 unspecified atom stereocenters. The minimum atomic E-state index is -0.399. The van der Waals surface area contributed by atoms with Gasteiger partial charge in [-0.2, -0.15) is 0 Å². The molecule has 2 N–H and O–H groups in total. The molecule has 0 aromatic carbocycles. The molecule has 1 amide bonds. The number of unbranched alkanes of at least 4 members (excludes halogenated alkanes) is 30. The number of nitrogens with one attached hydrogen (secondary N) is 2. The van der Waals surface area contributed by atoms with Gasteiger partial charge in [0.05, 0.1) is 13.2 Å². The van der Waals surface area contributed by atoms with Gasteiger partial charge in [0, 0.05) is 39.0 Å². The number of nitrogens with zero attached hydrogens (tertiary/aromatic N) is 1. The molecular formula is C52H103N3O6. The normalized spacial score (nSPS) is 11.4. The van der Waals surface area contributed by atoms with E-state index in [2.05, 4.69) is 29.4 Å². The Bertz CT molecular complexity index is 879. The SMILES string of the molecule is CCCCCCCCCCCCCCCCCC(=O)OCCCCC(CCCCOC(=O)CCCCCCCCCCCCCCCCC)OC(=O)NCCNCCN(C)C. The molecule has 0 rings (SSSR count). The number of esters is 2. The third-order valence-electron chi connectivity index (χ3n) is 11.9. The highest BCUT2D eigenvalue weighted by Crippen LogP contribution is 2.17. The van der Waals surface area contributed by atoms with Gasteiger partial charge in [0.2, 0.25) is 0 Å². The zero-order valence-corrected chi connectivity index (χ0v) is 41.1. The maximum Gasteiger partial charge on any atom is 0.407 e. The van der Waals surface area contributed by atoms with Gasteiger partial charge in [-0.15, -0.1) is 0 Å². The van der Waals surface area contributed by atoms with E-state index in [0.717, 1.165) is 64.5 Å². The number of amides is 1. The second-order valence-electron chi connectivity index (χ2n) is 18.3. The van der Waals surface area contributed by atoms with E-state index in [1.54, 1.807) is 0 Å². The van der Waals surface area contributed by atoms with Crippen molar-refractivity contribution in [2.75, 3.05) is 53.5 Å². The summed E-state index contributed by atoms with van der Waals surface area (Å²) < 4.78 is 16.9. The van der Waals surface area contributed by atoms with Crippen LogP contribution in [-0.4, -0.2) is 82.5 Å². The summed E-state index contributed by atoms with van der Waals surface area (Å²) in [6.07, 6.45) is 44.2. The van der Waals surface area contributed by atoms with Gasteiger partial charge in [-0.1, -0.05) is 194 Å². The first-order valence-corrected chi connectivity index (χ1v) is 26.5. The molecule has 0 spiro atoms. The summed E-state index contributed by atoms with van der Waals surface area (Å²) in [6.45, 7) is 8.36. The van der Waals surface area contributed by atoms with E-state index in [0.29, 0.717) is 52.0 Å². The summed E-state index contributed by atoms with van der Waals surface area (Å²) in [5.74, 6) is -0.203. The fourth-order valence-corrected chi connectivity index (χ4v) is 7.88. The van der Waals surface area contributed by atoms with Crippen LogP contribution in [0.2, 0.25) is 0 Å². The average Bonchev–Trinajstić information content (AvgIpc) is 3.24. The Morgan fingerprint density at radius 3 is 1.11 bits per heavy atom. The number of carbonyl (C=O) groups excluding carboxylic acids is 3. The maximum atomic E-state index is 12.6. The minimum absolute atomic E-state index is 0.102. The monoisotopic (exact) mass is 866 g/mol. The van der Waals surface area contributed by atoms with Gasteiger partial charge in [-0.05, 0) is 65.5 Å². The van der Waals surface area contributed by atoms with Crippen molar-refractivity contribution < 1.29 is 28.6 Å². The fraction of sp³-hybridized carbons (Fsp3) is 0.942. The number of ether oxygens (including phenoxy) is 3. The number of likely N-dealkylation sites (N-methyl/N-ethyl adjacent to an activating group) is 1. The Labute approximate surface area is 378 Å². The molecule has 0 aromatic rings. The highest BCUT2D eigenvalue weighted by atomic mass is 16.6. The molecule has 0 saturated heterocycles. The Balaban J connectivity index is 4.09. The van der Waals surface area contributed by atoms with Gasteiger partial charge in [0.15, 0.2) is 0 Å². The molecule has 0 aliphatic carbocycles. The van der Waals surface area contributed by atoms with Gasteiger partial charge in [0.1, 0.15) is 6.10 Å². The predicted octanol–water partition coefficient (Wildman–Crippen LogP) is 14.2. The van der Waals surface area contributed by atoms with Crippen molar-refractivity contribution in [3.63, 3.8) is 0 Å². The van der Waals surface area contributed by atoms with Gasteiger partial charge in [-0.3, -0.25) is 9.59 Å². The molecule has 0 bridgehead atoms. The zero-order chi connectivity index (χ0) is 44.5. The van der Waals surface area contributed by atoms with E-state index >= 15 is 0 Å².